The lowest BCUT2D eigenvalue weighted by Crippen LogP contribution is -2.52. The van der Waals surface area contributed by atoms with E-state index < -0.39 is 0 Å². The molecule has 1 atom stereocenters. The van der Waals surface area contributed by atoms with E-state index >= 15 is 0 Å². The minimum atomic E-state index is -0.315. The van der Waals surface area contributed by atoms with Gasteiger partial charge in [0.15, 0.2) is 0 Å². The fourth-order valence-electron chi connectivity index (χ4n) is 4.35. The summed E-state index contributed by atoms with van der Waals surface area (Å²) in [4.78, 5) is 30.4. The molecule has 2 aliphatic rings. The molecule has 5 nitrogen and oxygen atoms in total. The Labute approximate surface area is 167 Å². The van der Waals surface area contributed by atoms with Crippen LogP contribution in [0.25, 0.3) is 0 Å². The summed E-state index contributed by atoms with van der Waals surface area (Å²) in [7, 11) is 2.21. The normalized spacial score (nSPS) is 21.4. The van der Waals surface area contributed by atoms with E-state index in [0.29, 0.717) is 19.1 Å². The molecular weight excluding hydrogens is 358 g/mol. The smallest absolute Gasteiger partial charge is 0.264 e. The predicted octanol–water partition coefficient (Wildman–Crippen LogP) is 3.51. The van der Waals surface area contributed by atoms with Crippen LogP contribution >= 0.6 is 11.3 Å². The molecule has 1 unspecified atom stereocenters. The zero-order valence-electron chi connectivity index (χ0n) is 16.5. The highest BCUT2D eigenvalue weighted by Gasteiger charge is 2.32. The van der Waals surface area contributed by atoms with Crippen molar-refractivity contribution in [2.75, 3.05) is 26.7 Å². The minimum Gasteiger partial charge on any atom is -0.354 e. The second-order valence-corrected chi connectivity index (χ2v) is 8.85. The Morgan fingerprint density at radius 2 is 1.96 bits per heavy atom. The van der Waals surface area contributed by atoms with Crippen molar-refractivity contribution in [2.45, 2.75) is 69.9 Å². The molecule has 2 amide bonds. The summed E-state index contributed by atoms with van der Waals surface area (Å²) in [6.45, 7) is 2.39. The third-order valence-electron chi connectivity index (χ3n) is 5.98. The minimum absolute atomic E-state index is 0.00174. The van der Waals surface area contributed by atoms with Crippen molar-refractivity contribution < 1.29 is 9.59 Å². The molecule has 1 saturated heterocycles. The van der Waals surface area contributed by atoms with Gasteiger partial charge >= 0.3 is 0 Å². The first-order valence-corrected chi connectivity index (χ1v) is 11.4. The molecule has 6 heteroatoms. The number of thiophene rings is 1. The van der Waals surface area contributed by atoms with Gasteiger partial charge in [-0.15, -0.1) is 11.3 Å². The highest BCUT2D eigenvalue weighted by Crippen LogP contribution is 2.23. The first-order valence-electron chi connectivity index (χ1n) is 10.5. The van der Waals surface area contributed by atoms with E-state index in [1.807, 2.05) is 17.5 Å². The number of hydrogen-bond acceptors (Lipinski definition) is 4. The van der Waals surface area contributed by atoms with Crippen LogP contribution in [-0.2, 0) is 4.79 Å². The standard InChI is InChI=1S/C21H33N3O2S/c1-23(17-9-3-2-4-10-17)14-8-13-22-20(25)18-11-5-6-15-24(18)21(26)19-12-7-16-27-19/h7,12,16-18H,2-6,8-11,13-15H2,1H3,(H,22,25). The molecule has 1 N–H and O–H groups in total. The van der Waals surface area contributed by atoms with Crippen LogP contribution in [0.2, 0.25) is 0 Å². The molecule has 1 saturated carbocycles. The third kappa shape index (κ3) is 5.55. The van der Waals surface area contributed by atoms with Gasteiger partial charge < -0.3 is 15.1 Å². The lowest BCUT2D eigenvalue weighted by atomic mass is 9.94. The van der Waals surface area contributed by atoms with Gasteiger partial charge in [0.05, 0.1) is 4.88 Å². The van der Waals surface area contributed by atoms with Gasteiger partial charge in [-0.3, -0.25) is 9.59 Å². The lowest BCUT2D eigenvalue weighted by Gasteiger charge is -2.34. The van der Waals surface area contributed by atoms with Crippen LogP contribution in [0.3, 0.4) is 0 Å². The molecule has 1 aliphatic heterocycles. The van der Waals surface area contributed by atoms with Gasteiger partial charge in [-0.05, 0) is 63.6 Å². The highest BCUT2D eigenvalue weighted by molar-refractivity contribution is 7.12. The number of amides is 2. The molecule has 2 fully saturated rings. The van der Waals surface area contributed by atoms with E-state index in [4.69, 9.17) is 0 Å². The van der Waals surface area contributed by atoms with E-state index in [9.17, 15) is 9.59 Å². The van der Waals surface area contributed by atoms with Crippen LogP contribution in [0.1, 0.15) is 67.5 Å². The van der Waals surface area contributed by atoms with Crippen molar-refractivity contribution in [1.82, 2.24) is 15.1 Å². The lowest BCUT2D eigenvalue weighted by molar-refractivity contribution is -0.126. The topological polar surface area (TPSA) is 52.7 Å². The molecule has 0 radical (unpaired) electrons. The largest absolute Gasteiger partial charge is 0.354 e. The number of nitrogens with zero attached hydrogens (tertiary/aromatic N) is 2. The summed E-state index contributed by atoms with van der Waals surface area (Å²) in [5, 5.41) is 5.00. The monoisotopic (exact) mass is 391 g/mol. The van der Waals surface area contributed by atoms with Crippen molar-refractivity contribution in [3.8, 4) is 0 Å². The fraction of sp³-hybridized carbons (Fsp3) is 0.714. The SMILES string of the molecule is CN(CCCNC(=O)C1CCCCN1C(=O)c1cccs1)C1CCCCC1. The van der Waals surface area contributed by atoms with E-state index in [1.165, 1.54) is 43.4 Å². The molecule has 1 aliphatic carbocycles. The van der Waals surface area contributed by atoms with E-state index in [2.05, 4.69) is 17.3 Å². The molecule has 150 valence electrons. The number of rotatable bonds is 7. The number of carbonyl (C=O) groups excluding carboxylic acids is 2. The Hall–Kier alpha value is -1.40. The Morgan fingerprint density at radius 3 is 2.70 bits per heavy atom. The zero-order chi connectivity index (χ0) is 19.1. The maximum absolute atomic E-state index is 12.7. The van der Waals surface area contributed by atoms with Gasteiger partial charge in [0.25, 0.3) is 5.91 Å². The van der Waals surface area contributed by atoms with Crippen LogP contribution < -0.4 is 5.32 Å². The summed E-state index contributed by atoms with van der Waals surface area (Å²) in [5.74, 6) is 0.0156. The van der Waals surface area contributed by atoms with Crippen molar-refractivity contribution in [1.29, 1.82) is 0 Å². The van der Waals surface area contributed by atoms with Gasteiger partial charge in [0.2, 0.25) is 5.91 Å². The number of carbonyl (C=O) groups is 2. The molecule has 2 heterocycles. The van der Waals surface area contributed by atoms with Crippen LogP contribution in [-0.4, -0.2) is 60.4 Å². The number of likely N-dealkylation sites (tertiary alicyclic amines) is 1. The summed E-state index contributed by atoms with van der Waals surface area (Å²) in [6, 6.07) is 4.13. The molecule has 0 aromatic carbocycles. The Kier molecular flexibility index (Phi) is 7.70. The first-order chi connectivity index (χ1) is 13.2. The molecule has 3 rings (SSSR count). The van der Waals surface area contributed by atoms with Crippen LogP contribution in [0.15, 0.2) is 17.5 Å². The van der Waals surface area contributed by atoms with Crippen molar-refractivity contribution >= 4 is 23.2 Å². The Bertz CT molecular complexity index is 599. The third-order valence-corrected chi connectivity index (χ3v) is 6.84. The van der Waals surface area contributed by atoms with Crippen LogP contribution in [0.5, 0.6) is 0 Å². The van der Waals surface area contributed by atoms with Crippen molar-refractivity contribution in [3.05, 3.63) is 22.4 Å². The Morgan fingerprint density at radius 1 is 1.19 bits per heavy atom. The van der Waals surface area contributed by atoms with E-state index in [-0.39, 0.29) is 17.9 Å². The highest BCUT2D eigenvalue weighted by atomic mass is 32.1. The second-order valence-electron chi connectivity index (χ2n) is 7.90. The Balaban J connectivity index is 1.43. The second kappa shape index (κ2) is 10.2. The van der Waals surface area contributed by atoms with E-state index in [1.54, 1.807) is 4.90 Å². The summed E-state index contributed by atoms with van der Waals surface area (Å²) >= 11 is 1.45. The van der Waals surface area contributed by atoms with Gasteiger partial charge in [-0.2, -0.15) is 0 Å². The van der Waals surface area contributed by atoms with Crippen molar-refractivity contribution in [2.24, 2.45) is 0 Å². The van der Waals surface area contributed by atoms with Crippen molar-refractivity contribution in [3.63, 3.8) is 0 Å². The maximum Gasteiger partial charge on any atom is 0.264 e. The van der Waals surface area contributed by atoms with Gasteiger partial charge in [0, 0.05) is 19.1 Å². The van der Waals surface area contributed by atoms with Crippen LogP contribution in [0.4, 0.5) is 0 Å². The molecule has 1 aromatic heterocycles. The summed E-state index contributed by atoms with van der Waals surface area (Å²) in [6.07, 6.45) is 10.4. The molecule has 1 aromatic rings. The number of hydrogen-bond donors (Lipinski definition) is 1. The molecular formula is C21H33N3O2S. The number of nitrogens with one attached hydrogen (secondary N) is 1. The van der Waals surface area contributed by atoms with Gasteiger partial charge in [0.1, 0.15) is 6.04 Å². The average Bonchev–Trinajstić information content (AvgIpc) is 3.26. The molecule has 27 heavy (non-hydrogen) atoms. The first kappa shape index (κ1) is 20.3. The van der Waals surface area contributed by atoms with Gasteiger partial charge in [-0.25, -0.2) is 0 Å². The van der Waals surface area contributed by atoms with Gasteiger partial charge in [-0.1, -0.05) is 25.3 Å². The quantitative estimate of drug-likeness (QED) is 0.724. The molecule has 0 bridgehead atoms. The maximum atomic E-state index is 12.7. The number of piperidine rings is 1. The zero-order valence-corrected chi connectivity index (χ0v) is 17.3. The van der Waals surface area contributed by atoms with E-state index in [0.717, 1.165) is 37.1 Å². The van der Waals surface area contributed by atoms with Crippen LogP contribution in [0, 0.1) is 0 Å². The summed E-state index contributed by atoms with van der Waals surface area (Å²) < 4.78 is 0. The predicted molar refractivity (Wildman–Crippen MR) is 110 cm³/mol. The summed E-state index contributed by atoms with van der Waals surface area (Å²) in [5.41, 5.74) is 0. The fourth-order valence-corrected chi connectivity index (χ4v) is 5.03. The average molecular weight is 392 g/mol. The molecule has 0 spiro atoms.